The zero-order chi connectivity index (χ0) is 9.42. The number of benzene rings is 1. The van der Waals surface area contributed by atoms with E-state index in [1.54, 1.807) is 12.1 Å². The van der Waals surface area contributed by atoms with Gasteiger partial charge < -0.3 is 5.11 Å². The largest absolute Gasteiger partial charge is 0.392 e. The minimum atomic E-state index is -0.233. The second kappa shape index (κ2) is 3.29. The molecule has 0 saturated heterocycles. The van der Waals surface area contributed by atoms with Crippen LogP contribution < -0.4 is 0 Å². The molecule has 0 saturated carbocycles. The van der Waals surface area contributed by atoms with Crippen LogP contribution in [0.2, 0.25) is 0 Å². The highest BCUT2D eigenvalue weighted by Crippen LogP contribution is 2.31. The summed E-state index contributed by atoms with van der Waals surface area (Å²) in [6, 6.07) is 5.03. The Bertz CT molecular complexity index is 450. The van der Waals surface area contributed by atoms with Crippen LogP contribution in [0.3, 0.4) is 0 Å². The first-order valence-corrected chi connectivity index (χ1v) is 4.99. The molecule has 1 aromatic carbocycles. The lowest BCUT2D eigenvalue weighted by molar-refractivity contribution is 0.281. The van der Waals surface area contributed by atoms with Gasteiger partial charge >= 0.3 is 0 Å². The van der Waals surface area contributed by atoms with E-state index in [0.29, 0.717) is 10.5 Å². The van der Waals surface area contributed by atoms with E-state index in [1.807, 2.05) is 0 Å². The van der Waals surface area contributed by atoms with Gasteiger partial charge in [0.25, 0.3) is 0 Å². The summed E-state index contributed by atoms with van der Waals surface area (Å²) in [5, 5.41) is 9.65. The maximum absolute atomic E-state index is 12.9. The van der Waals surface area contributed by atoms with Gasteiger partial charge in [0.2, 0.25) is 0 Å². The number of thiol groups is 1. The predicted molar refractivity (Wildman–Crippen MR) is 55.0 cm³/mol. The van der Waals surface area contributed by atoms with Crippen LogP contribution in [0.25, 0.3) is 10.1 Å². The number of thiophene rings is 1. The number of hydrogen-bond donors (Lipinski definition) is 2. The van der Waals surface area contributed by atoms with Crippen molar-refractivity contribution in [3.8, 4) is 0 Å². The molecular formula is C9H7FOS2. The highest BCUT2D eigenvalue weighted by molar-refractivity contribution is 7.80. The van der Waals surface area contributed by atoms with Crippen LogP contribution in [-0.2, 0) is 6.61 Å². The molecule has 0 unspecified atom stereocenters. The monoisotopic (exact) mass is 214 g/mol. The summed E-state index contributed by atoms with van der Waals surface area (Å²) in [7, 11) is 0. The summed E-state index contributed by atoms with van der Waals surface area (Å²) in [4.78, 5) is 0.705. The van der Waals surface area contributed by atoms with E-state index in [0.717, 1.165) is 21.4 Å². The Balaban J connectivity index is 2.82. The van der Waals surface area contributed by atoms with Crippen LogP contribution in [0.5, 0.6) is 0 Å². The van der Waals surface area contributed by atoms with E-state index >= 15 is 0 Å². The van der Waals surface area contributed by atoms with Crippen molar-refractivity contribution in [2.75, 3.05) is 0 Å². The average molecular weight is 214 g/mol. The Morgan fingerprint density at radius 2 is 2.23 bits per heavy atom. The molecule has 4 heteroatoms. The fraction of sp³-hybridized carbons (Fsp3) is 0.111. The molecule has 0 aliphatic heterocycles. The van der Waals surface area contributed by atoms with Crippen molar-refractivity contribution in [2.45, 2.75) is 11.5 Å². The fourth-order valence-electron chi connectivity index (χ4n) is 1.27. The van der Waals surface area contributed by atoms with E-state index in [-0.39, 0.29) is 11.7 Å². The molecule has 0 aliphatic carbocycles. The molecule has 0 aliphatic rings. The number of fused-ring (bicyclic) bond motifs is 1. The van der Waals surface area contributed by atoms with Crippen LogP contribution in [0, 0.1) is 5.13 Å². The zero-order valence-electron chi connectivity index (χ0n) is 6.62. The molecule has 1 heterocycles. The highest BCUT2D eigenvalue weighted by atomic mass is 32.1. The van der Waals surface area contributed by atoms with Gasteiger partial charge in [-0.1, -0.05) is 6.07 Å². The van der Waals surface area contributed by atoms with Gasteiger partial charge in [-0.15, -0.1) is 24.0 Å². The summed E-state index contributed by atoms with van der Waals surface area (Å²) >= 11 is 5.23. The second-order valence-corrected chi connectivity index (χ2v) is 4.17. The lowest BCUT2D eigenvalue weighted by atomic mass is 10.2. The first-order valence-electron chi connectivity index (χ1n) is 3.73. The molecule has 13 heavy (non-hydrogen) atoms. The first-order chi connectivity index (χ1) is 6.22. The van der Waals surface area contributed by atoms with Crippen molar-refractivity contribution in [1.29, 1.82) is 0 Å². The number of aliphatic hydroxyl groups is 1. The Morgan fingerprint density at radius 1 is 1.46 bits per heavy atom. The van der Waals surface area contributed by atoms with Gasteiger partial charge in [-0.05, 0) is 17.5 Å². The zero-order valence-corrected chi connectivity index (χ0v) is 8.33. The van der Waals surface area contributed by atoms with E-state index in [2.05, 4.69) is 12.6 Å². The molecule has 68 valence electrons. The number of aliphatic hydroxyl groups excluding tert-OH is 1. The third-order valence-electron chi connectivity index (χ3n) is 1.89. The van der Waals surface area contributed by atoms with Gasteiger partial charge in [-0.2, -0.15) is 4.39 Å². The van der Waals surface area contributed by atoms with Crippen LogP contribution in [0.4, 0.5) is 4.39 Å². The third-order valence-corrected chi connectivity index (χ3v) is 3.31. The molecule has 1 N–H and O–H groups in total. The van der Waals surface area contributed by atoms with Gasteiger partial charge in [0.15, 0.2) is 5.13 Å². The number of hydrogen-bond acceptors (Lipinski definition) is 3. The second-order valence-electron chi connectivity index (χ2n) is 2.69. The maximum Gasteiger partial charge on any atom is 0.177 e. The standard InChI is InChI=1S/C9H7FOS2/c10-8-3-5-1-2-7(12)6(4-11)9(5)13-8/h1-3,11-12H,4H2. The van der Waals surface area contributed by atoms with Gasteiger partial charge in [0.1, 0.15) is 0 Å². The Hall–Kier alpha value is -0.580. The molecule has 1 aromatic heterocycles. The molecule has 2 aromatic rings. The average Bonchev–Trinajstić information content (AvgIpc) is 2.45. The lowest BCUT2D eigenvalue weighted by Crippen LogP contribution is -1.84. The molecular weight excluding hydrogens is 207 g/mol. The summed E-state index contributed by atoms with van der Waals surface area (Å²) in [6.45, 7) is -0.101. The van der Waals surface area contributed by atoms with Crippen molar-refractivity contribution >= 4 is 34.1 Å². The number of halogens is 1. The molecule has 0 amide bonds. The maximum atomic E-state index is 12.9. The van der Waals surface area contributed by atoms with Crippen molar-refractivity contribution in [1.82, 2.24) is 0 Å². The third kappa shape index (κ3) is 1.45. The van der Waals surface area contributed by atoms with E-state index < -0.39 is 0 Å². The molecule has 2 rings (SSSR count). The van der Waals surface area contributed by atoms with Crippen LogP contribution >= 0.6 is 24.0 Å². The summed E-state index contributed by atoms with van der Waals surface area (Å²) in [5.41, 5.74) is 0.703. The van der Waals surface area contributed by atoms with Gasteiger partial charge in [0.05, 0.1) is 6.61 Å². The molecule has 0 spiro atoms. The molecule has 0 radical (unpaired) electrons. The number of rotatable bonds is 1. The van der Waals surface area contributed by atoms with Crippen molar-refractivity contribution in [3.05, 3.63) is 28.9 Å². The molecule has 0 atom stereocenters. The van der Waals surface area contributed by atoms with E-state index in [9.17, 15) is 4.39 Å². The van der Waals surface area contributed by atoms with Crippen molar-refractivity contribution < 1.29 is 9.50 Å². The Kier molecular flexibility index (Phi) is 2.27. The smallest absolute Gasteiger partial charge is 0.177 e. The van der Waals surface area contributed by atoms with Crippen LogP contribution in [0.1, 0.15) is 5.56 Å². The molecule has 1 nitrogen and oxygen atoms in total. The quantitative estimate of drug-likeness (QED) is 0.699. The summed E-state index contributed by atoms with van der Waals surface area (Å²) < 4.78 is 13.7. The summed E-state index contributed by atoms with van der Waals surface area (Å²) in [5.74, 6) is 0. The minimum Gasteiger partial charge on any atom is -0.392 e. The van der Waals surface area contributed by atoms with Gasteiger partial charge in [0, 0.05) is 15.2 Å². The molecule has 0 bridgehead atoms. The predicted octanol–water partition coefficient (Wildman–Crippen LogP) is 2.82. The summed E-state index contributed by atoms with van der Waals surface area (Å²) in [6.07, 6.45) is 0. The minimum absolute atomic E-state index is 0.101. The fourth-order valence-corrected chi connectivity index (χ4v) is 2.53. The lowest BCUT2D eigenvalue weighted by Gasteiger charge is -2.01. The Labute approximate surface area is 84.2 Å². The van der Waals surface area contributed by atoms with Gasteiger partial charge in [-0.25, -0.2) is 0 Å². The van der Waals surface area contributed by atoms with Crippen LogP contribution in [-0.4, -0.2) is 5.11 Å². The normalized spacial score (nSPS) is 11.0. The Morgan fingerprint density at radius 3 is 2.92 bits per heavy atom. The van der Waals surface area contributed by atoms with Crippen LogP contribution in [0.15, 0.2) is 23.1 Å². The first kappa shape index (κ1) is 8.99. The highest BCUT2D eigenvalue weighted by Gasteiger charge is 2.08. The van der Waals surface area contributed by atoms with Crippen molar-refractivity contribution in [2.24, 2.45) is 0 Å². The SMILES string of the molecule is OCc1c(S)ccc2cc(F)sc12. The van der Waals surface area contributed by atoms with Crippen molar-refractivity contribution in [3.63, 3.8) is 0 Å². The van der Waals surface area contributed by atoms with E-state index in [1.165, 1.54) is 6.07 Å². The van der Waals surface area contributed by atoms with E-state index in [4.69, 9.17) is 5.11 Å². The van der Waals surface area contributed by atoms with Gasteiger partial charge in [-0.3, -0.25) is 0 Å². The molecule has 0 fully saturated rings. The topological polar surface area (TPSA) is 20.2 Å².